The molecule has 4 aromatic carbocycles. The van der Waals surface area contributed by atoms with Gasteiger partial charge in [0.15, 0.2) is 0 Å². The number of aliphatic hydroxyl groups is 1. The van der Waals surface area contributed by atoms with Crippen LogP contribution in [0.15, 0.2) is 97.1 Å². The van der Waals surface area contributed by atoms with E-state index in [2.05, 4.69) is 0 Å². The van der Waals surface area contributed by atoms with Crippen LogP contribution in [-0.2, 0) is 25.1 Å². The number of carbonyl (C=O) groups is 2. The van der Waals surface area contributed by atoms with Crippen molar-refractivity contribution in [1.29, 1.82) is 0 Å². The molecule has 2 amide bonds. The number of halogens is 4. The lowest BCUT2D eigenvalue weighted by molar-refractivity contribution is 0.0600. The standard InChI is InChI=1S/C21H23Cl2NO4S.C20H21Cl2NO2/c1-29(26,27)28-13-11-21(17-8-9-18(22)19(23)14-17)10-5-12-24(15-21)20(25)16-6-3-2-4-7-16;21-17-8-7-16(13-18(17)22)20(10-12-24)9-4-11-23(14-20)19(25)15-5-2-1-3-6-15/h2-4,6-9,14H,5,10-13,15H2,1H3;1-3,5-8,13,24H,4,9-12,14H2. The van der Waals surface area contributed by atoms with Gasteiger partial charge in [0.1, 0.15) is 0 Å². The van der Waals surface area contributed by atoms with Crippen LogP contribution in [0.25, 0.3) is 0 Å². The highest BCUT2D eigenvalue weighted by Crippen LogP contribution is 2.41. The number of hydrogen-bond acceptors (Lipinski definition) is 6. The number of piperidine rings is 2. The average molecular weight is 835 g/mol. The fourth-order valence-corrected chi connectivity index (χ4v) is 8.54. The van der Waals surface area contributed by atoms with Gasteiger partial charge in [-0.2, -0.15) is 8.42 Å². The zero-order chi connectivity index (χ0) is 38.9. The van der Waals surface area contributed by atoms with Crippen molar-refractivity contribution in [3.05, 3.63) is 139 Å². The second-order valence-corrected chi connectivity index (χ2v) is 17.2. The first-order valence-corrected chi connectivity index (χ1v) is 21.1. The van der Waals surface area contributed by atoms with E-state index in [0.29, 0.717) is 63.7 Å². The molecule has 2 fully saturated rings. The van der Waals surface area contributed by atoms with Crippen molar-refractivity contribution >= 4 is 68.3 Å². The van der Waals surface area contributed by atoms with Crippen molar-refractivity contribution in [2.75, 3.05) is 45.6 Å². The molecule has 13 heteroatoms. The summed E-state index contributed by atoms with van der Waals surface area (Å²) in [6.45, 7) is 2.48. The Labute approximate surface area is 338 Å². The highest BCUT2D eigenvalue weighted by Gasteiger charge is 2.40. The SMILES string of the molecule is CS(=O)(=O)OCCC1(c2ccc(Cl)c(Cl)c2)CCCN(C(=O)c2ccccc2)C1.O=C(c1ccccc1)N1CCCC(CCO)(c2ccc(Cl)c(Cl)c2)C1. The van der Waals surface area contributed by atoms with Gasteiger partial charge in [-0.05, 0) is 98.2 Å². The van der Waals surface area contributed by atoms with Gasteiger partial charge in [0.05, 0.1) is 33.0 Å². The van der Waals surface area contributed by atoms with Crippen LogP contribution in [0, 0.1) is 0 Å². The van der Waals surface area contributed by atoms with E-state index in [1.54, 1.807) is 30.3 Å². The molecule has 2 unspecified atom stereocenters. The molecule has 2 aliphatic rings. The molecule has 2 saturated heterocycles. The number of nitrogens with zero attached hydrogens (tertiary/aromatic N) is 2. The van der Waals surface area contributed by atoms with E-state index in [-0.39, 0.29) is 30.4 Å². The number of benzene rings is 4. The molecule has 288 valence electrons. The Hall–Kier alpha value is -3.15. The van der Waals surface area contributed by atoms with Crippen LogP contribution in [0.5, 0.6) is 0 Å². The van der Waals surface area contributed by atoms with Crippen LogP contribution < -0.4 is 0 Å². The Bertz CT molecular complexity index is 2020. The van der Waals surface area contributed by atoms with E-state index in [1.165, 1.54) is 0 Å². The number of likely N-dealkylation sites (tertiary alicyclic amines) is 2. The zero-order valence-electron chi connectivity index (χ0n) is 30.0. The minimum atomic E-state index is -3.55. The number of aliphatic hydroxyl groups excluding tert-OH is 1. The summed E-state index contributed by atoms with van der Waals surface area (Å²) in [7, 11) is -3.55. The summed E-state index contributed by atoms with van der Waals surface area (Å²) >= 11 is 24.6. The monoisotopic (exact) mass is 832 g/mol. The minimum Gasteiger partial charge on any atom is -0.396 e. The molecule has 2 atom stereocenters. The van der Waals surface area contributed by atoms with E-state index < -0.39 is 15.5 Å². The number of amides is 2. The molecule has 0 radical (unpaired) electrons. The molecule has 54 heavy (non-hydrogen) atoms. The smallest absolute Gasteiger partial charge is 0.264 e. The van der Waals surface area contributed by atoms with E-state index in [4.69, 9.17) is 50.6 Å². The summed E-state index contributed by atoms with van der Waals surface area (Å²) in [5.74, 6) is -0.0126. The summed E-state index contributed by atoms with van der Waals surface area (Å²) in [4.78, 5) is 29.6. The number of rotatable bonds is 10. The van der Waals surface area contributed by atoms with Crippen molar-refractivity contribution in [2.45, 2.75) is 49.4 Å². The van der Waals surface area contributed by atoms with Crippen molar-refractivity contribution in [2.24, 2.45) is 0 Å². The minimum absolute atomic E-state index is 0.0303. The normalized spacial score (nSPS) is 20.2. The molecular formula is C41H44Cl4N2O6S. The Morgan fingerprint density at radius 3 is 1.48 bits per heavy atom. The van der Waals surface area contributed by atoms with Crippen LogP contribution in [0.3, 0.4) is 0 Å². The first kappa shape index (κ1) is 42.0. The van der Waals surface area contributed by atoms with E-state index in [9.17, 15) is 23.1 Å². The molecule has 0 saturated carbocycles. The molecule has 6 rings (SSSR count). The Morgan fingerprint density at radius 1 is 0.667 bits per heavy atom. The number of carbonyl (C=O) groups excluding carboxylic acids is 2. The zero-order valence-corrected chi connectivity index (χ0v) is 33.9. The van der Waals surface area contributed by atoms with Crippen molar-refractivity contribution in [1.82, 2.24) is 9.80 Å². The first-order chi connectivity index (χ1) is 25.8. The largest absolute Gasteiger partial charge is 0.396 e. The molecule has 1 N–H and O–H groups in total. The summed E-state index contributed by atoms with van der Waals surface area (Å²) in [5.41, 5.74) is 2.50. The Kier molecular flexibility index (Phi) is 14.5. The Balaban J connectivity index is 0.000000210. The van der Waals surface area contributed by atoms with Gasteiger partial charge in [-0.3, -0.25) is 13.8 Å². The van der Waals surface area contributed by atoms with Gasteiger partial charge in [-0.15, -0.1) is 0 Å². The van der Waals surface area contributed by atoms with Gasteiger partial charge >= 0.3 is 0 Å². The number of hydrogen-bond donors (Lipinski definition) is 1. The highest BCUT2D eigenvalue weighted by molar-refractivity contribution is 7.85. The summed E-state index contributed by atoms with van der Waals surface area (Å²) in [6, 6.07) is 29.5. The lowest BCUT2D eigenvalue weighted by atomic mass is 9.71. The van der Waals surface area contributed by atoms with Crippen LogP contribution in [0.1, 0.15) is 70.4 Å². The predicted molar refractivity (Wildman–Crippen MR) is 217 cm³/mol. The van der Waals surface area contributed by atoms with Gasteiger partial charge in [0, 0.05) is 54.7 Å². The quantitative estimate of drug-likeness (QED) is 0.160. The topological polar surface area (TPSA) is 104 Å². The molecule has 0 aliphatic carbocycles. The molecule has 2 aliphatic heterocycles. The van der Waals surface area contributed by atoms with Gasteiger partial charge in [-0.25, -0.2) is 0 Å². The first-order valence-electron chi connectivity index (χ1n) is 17.8. The average Bonchev–Trinajstić information content (AvgIpc) is 3.17. The maximum absolute atomic E-state index is 13.0. The van der Waals surface area contributed by atoms with Crippen molar-refractivity contribution < 1.29 is 27.3 Å². The third-order valence-corrected chi connectivity index (χ3v) is 12.4. The maximum Gasteiger partial charge on any atom is 0.264 e. The summed E-state index contributed by atoms with van der Waals surface area (Å²) in [5, 5.41) is 11.5. The van der Waals surface area contributed by atoms with E-state index in [0.717, 1.165) is 49.6 Å². The highest BCUT2D eigenvalue weighted by atomic mass is 35.5. The lowest BCUT2D eigenvalue weighted by Gasteiger charge is -2.43. The van der Waals surface area contributed by atoms with Gasteiger partial charge < -0.3 is 14.9 Å². The summed E-state index contributed by atoms with van der Waals surface area (Å²) in [6.07, 6.45) is 5.43. The van der Waals surface area contributed by atoms with E-state index >= 15 is 0 Å². The molecule has 8 nitrogen and oxygen atoms in total. The second-order valence-electron chi connectivity index (χ2n) is 14.0. The molecule has 2 heterocycles. The van der Waals surface area contributed by atoms with Gasteiger partial charge in [0.25, 0.3) is 21.9 Å². The Morgan fingerprint density at radius 2 is 1.09 bits per heavy atom. The fraction of sp³-hybridized carbons (Fsp3) is 0.366. The van der Waals surface area contributed by atoms with Crippen molar-refractivity contribution in [3.8, 4) is 0 Å². The maximum atomic E-state index is 13.0. The summed E-state index contributed by atoms with van der Waals surface area (Å²) < 4.78 is 27.9. The second kappa shape index (κ2) is 18.7. The lowest BCUT2D eigenvalue weighted by Crippen LogP contribution is -2.49. The molecule has 0 bridgehead atoms. The third kappa shape index (κ3) is 10.6. The van der Waals surface area contributed by atoms with Gasteiger partial charge in [0.2, 0.25) is 0 Å². The predicted octanol–water partition coefficient (Wildman–Crippen LogP) is 9.08. The van der Waals surface area contributed by atoms with Crippen LogP contribution >= 0.6 is 46.4 Å². The van der Waals surface area contributed by atoms with Gasteiger partial charge in [-0.1, -0.05) is 94.9 Å². The van der Waals surface area contributed by atoms with E-state index in [1.807, 2.05) is 76.5 Å². The van der Waals surface area contributed by atoms with Crippen LogP contribution in [0.4, 0.5) is 0 Å². The van der Waals surface area contributed by atoms with Crippen molar-refractivity contribution in [3.63, 3.8) is 0 Å². The fourth-order valence-electron chi connectivity index (χ4n) is 7.56. The molecule has 0 aromatic heterocycles. The third-order valence-electron chi connectivity index (χ3n) is 10.3. The molecule has 4 aromatic rings. The molecular weight excluding hydrogens is 790 g/mol. The molecule has 0 spiro atoms. The van der Waals surface area contributed by atoms with Crippen LogP contribution in [0.2, 0.25) is 20.1 Å². The van der Waals surface area contributed by atoms with Crippen LogP contribution in [-0.4, -0.2) is 80.8 Å².